The molecule has 8 heteroatoms. The lowest BCUT2D eigenvalue weighted by atomic mass is 9.98. The van der Waals surface area contributed by atoms with Crippen LogP contribution in [0.25, 0.3) is 0 Å². The summed E-state index contributed by atoms with van der Waals surface area (Å²) < 4.78 is 22.1. The Kier molecular flexibility index (Phi) is 11.3. The second kappa shape index (κ2) is 12.6. The minimum atomic E-state index is -1.62. The van der Waals surface area contributed by atoms with E-state index in [-0.39, 0.29) is 12.7 Å². The van der Waals surface area contributed by atoms with E-state index in [0.717, 1.165) is 50.3 Å². The van der Waals surface area contributed by atoms with Gasteiger partial charge in [-0.05, 0) is 70.9 Å². The van der Waals surface area contributed by atoms with Crippen LogP contribution in [0.2, 0.25) is 38.8 Å². The lowest BCUT2D eigenvalue weighted by molar-refractivity contribution is -0.145. The lowest BCUT2D eigenvalue weighted by Gasteiger charge is -2.31. The van der Waals surface area contributed by atoms with E-state index in [0.29, 0.717) is 13.2 Å². The number of rotatable bonds is 12. The molecule has 0 aromatic rings. The van der Waals surface area contributed by atoms with Crippen LogP contribution in [0.1, 0.15) is 38.5 Å². The third-order valence-corrected chi connectivity index (χ3v) is 10.5. The molecule has 0 aromatic heterocycles. The third kappa shape index (κ3) is 13.3. The molecule has 0 unspecified atom stereocenters. The van der Waals surface area contributed by atoms with Gasteiger partial charge in [-0.1, -0.05) is 6.42 Å². The highest BCUT2D eigenvalue weighted by Gasteiger charge is 2.28. The molecule has 0 N–H and O–H groups in total. The Morgan fingerprint density at radius 3 is 2.18 bits per heavy atom. The highest BCUT2D eigenvalue weighted by Crippen LogP contribution is 2.21. The molecule has 0 atom stereocenters. The Morgan fingerprint density at radius 1 is 0.893 bits per heavy atom. The Morgan fingerprint density at radius 2 is 1.54 bits per heavy atom. The molecule has 6 nitrogen and oxygen atoms in total. The zero-order valence-electron chi connectivity index (χ0n) is 18.3. The molecular weight excluding hydrogens is 392 g/mol. The summed E-state index contributed by atoms with van der Waals surface area (Å²) in [7, 11) is -3.11. The number of hydrogen-bond acceptors (Lipinski definition) is 6. The first kappa shape index (κ1) is 25.1. The van der Waals surface area contributed by atoms with E-state index >= 15 is 0 Å². The Labute approximate surface area is 172 Å². The molecule has 0 heterocycles. The van der Waals surface area contributed by atoms with Crippen LogP contribution in [0.5, 0.6) is 0 Å². The van der Waals surface area contributed by atoms with Crippen LogP contribution < -0.4 is 0 Å². The summed E-state index contributed by atoms with van der Waals surface area (Å²) in [5.74, 6) is -1.03. The monoisotopic (exact) mass is 430 g/mol. The first-order valence-corrected chi connectivity index (χ1v) is 16.9. The van der Waals surface area contributed by atoms with Gasteiger partial charge in [0, 0.05) is 18.8 Å². The Bertz CT molecular complexity index is 507. The number of hydrogen-bond donors (Lipinski definition) is 0. The van der Waals surface area contributed by atoms with E-state index in [1.54, 1.807) is 0 Å². The molecule has 1 rings (SSSR count). The molecule has 1 saturated carbocycles. The maximum absolute atomic E-state index is 11.7. The van der Waals surface area contributed by atoms with E-state index in [1.807, 2.05) is 0 Å². The lowest BCUT2D eigenvalue weighted by Crippen LogP contribution is -2.42. The predicted octanol–water partition coefficient (Wildman–Crippen LogP) is 4.43. The first-order valence-electron chi connectivity index (χ1n) is 10.4. The van der Waals surface area contributed by atoms with E-state index in [1.165, 1.54) is 6.42 Å². The normalized spacial score (nSPS) is 16.3. The van der Waals surface area contributed by atoms with Crippen LogP contribution in [0.4, 0.5) is 0 Å². The fourth-order valence-corrected chi connectivity index (χ4v) is 11.4. The van der Waals surface area contributed by atoms with Crippen molar-refractivity contribution in [3.05, 3.63) is 12.2 Å². The van der Waals surface area contributed by atoms with E-state index in [4.69, 9.17) is 18.3 Å². The molecular formula is C20H38O6Si2. The van der Waals surface area contributed by atoms with Crippen LogP contribution in [-0.4, -0.2) is 54.5 Å². The van der Waals surface area contributed by atoms with Crippen molar-refractivity contribution in [3.8, 4) is 0 Å². The summed E-state index contributed by atoms with van der Waals surface area (Å²) in [6.45, 7) is 12.3. The van der Waals surface area contributed by atoms with Crippen molar-refractivity contribution >= 4 is 28.6 Å². The summed E-state index contributed by atoms with van der Waals surface area (Å²) in [4.78, 5) is 23.3. The van der Waals surface area contributed by atoms with Crippen molar-refractivity contribution in [3.63, 3.8) is 0 Å². The van der Waals surface area contributed by atoms with Crippen molar-refractivity contribution in [1.82, 2.24) is 0 Å². The molecule has 0 aromatic carbocycles. The predicted molar refractivity (Wildman–Crippen MR) is 115 cm³/mol. The number of carbonyl (C=O) groups excluding carboxylic acids is 2. The number of ether oxygens (including phenoxy) is 3. The standard InChI is InChI=1S/C20H38O6Si2/c1-27(2,3)26-28(4,5)17-9-14-23-15-16-24-19(21)12-13-20(22)25-18-10-7-6-8-11-18/h12-13,18H,6-11,14-17H2,1-5H3. The van der Waals surface area contributed by atoms with Gasteiger partial charge in [0.1, 0.15) is 12.7 Å². The fraction of sp³-hybridized carbons (Fsp3) is 0.800. The Balaban J connectivity index is 2.06. The van der Waals surface area contributed by atoms with Gasteiger partial charge < -0.3 is 18.3 Å². The van der Waals surface area contributed by atoms with Crippen molar-refractivity contribution in [1.29, 1.82) is 0 Å². The van der Waals surface area contributed by atoms with Gasteiger partial charge in [0.15, 0.2) is 16.6 Å². The van der Waals surface area contributed by atoms with Gasteiger partial charge in [-0.3, -0.25) is 0 Å². The molecule has 1 fully saturated rings. The first-order chi connectivity index (χ1) is 13.1. The van der Waals surface area contributed by atoms with E-state index in [9.17, 15) is 9.59 Å². The molecule has 0 amide bonds. The van der Waals surface area contributed by atoms with Crippen molar-refractivity contribution in [2.45, 2.75) is 83.4 Å². The Hall–Kier alpha value is -0.966. The highest BCUT2D eigenvalue weighted by atomic mass is 28.4. The smallest absolute Gasteiger partial charge is 0.331 e. The highest BCUT2D eigenvalue weighted by molar-refractivity contribution is 6.84. The fourth-order valence-electron chi connectivity index (χ4n) is 3.35. The molecule has 0 saturated heterocycles. The van der Waals surface area contributed by atoms with Crippen molar-refractivity contribution in [2.75, 3.05) is 19.8 Å². The van der Waals surface area contributed by atoms with Gasteiger partial charge in [0.05, 0.1) is 6.61 Å². The van der Waals surface area contributed by atoms with Crippen LogP contribution >= 0.6 is 0 Å². The van der Waals surface area contributed by atoms with Crippen LogP contribution in [0.3, 0.4) is 0 Å². The van der Waals surface area contributed by atoms with Crippen molar-refractivity contribution < 1.29 is 27.9 Å². The maximum Gasteiger partial charge on any atom is 0.331 e. The van der Waals surface area contributed by atoms with Crippen LogP contribution in [0.15, 0.2) is 12.2 Å². The average molecular weight is 431 g/mol. The number of esters is 2. The zero-order chi connectivity index (χ0) is 21.0. The molecule has 1 aliphatic rings. The second-order valence-corrected chi connectivity index (χ2v) is 17.9. The van der Waals surface area contributed by atoms with Gasteiger partial charge in [0.25, 0.3) is 0 Å². The molecule has 1 aliphatic carbocycles. The summed E-state index contributed by atoms with van der Waals surface area (Å²) in [6.07, 6.45) is 8.39. The van der Waals surface area contributed by atoms with Gasteiger partial charge in [0.2, 0.25) is 0 Å². The van der Waals surface area contributed by atoms with E-state index in [2.05, 4.69) is 32.7 Å². The second-order valence-electron chi connectivity index (χ2n) is 8.89. The van der Waals surface area contributed by atoms with Gasteiger partial charge in [-0.25, -0.2) is 9.59 Å². The van der Waals surface area contributed by atoms with Crippen LogP contribution in [-0.2, 0) is 27.9 Å². The SMILES string of the molecule is C[Si](C)(C)O[Si](C)(C)CCCOCCOC(=O)C=CC(=O)OC1CCCCC1. The zero-order valence-corrected chi connectivity index (χ0v) is 20.3. The maximum atomic E-state index is 11.7. The minimum Gasteiger partial charge on any atom is -0.460 e. The molecule has 28 heavy (non-hydrogen) atoms. The topological polar surface area (TPSA) is 71.1 Å². The molecule has 0 aliphatic heterocycles. The van der Waals surface area contributed by atoms with Gasteiger partial charge in [-0.15, -0.1) is 0 Å². The molecule has 162 valence electrons. The molecule has 0 radical (unpaired) electrons. The average Bonchev–Trinajstić information content (AvgIpc) is 2.58. The minimum absolute atomic E-state index is 0.0144. The van der Waals surface area contributed by atoms with Crippen LogP contribution in [0, 0.1) is 0 Å². The quantitative estimate of drug-likeness (QED) is 0.197. The largest absolute Gasteiger partial charge is 0.460 e. The van der Waals surface area contributed by atoms with E-state index < -0.39 is 28.6 Å². The van der Waals surface area contributed by atoms with Crippen molar-refractivity contribution in [2.24, 2.45) is 0 Å². The summed E-state index contributed by atoms with van der Waals surface area (Å²) in [5.41, 5.74) is 0. The summed E-state index contributed by atoms with van der Waals surface area (Å²) in [6, 6.07) is 1.06. The molecule has 0 bridgehead atoms. The third-order valence-electron chi connectivity index (χ3n) is 4.31. The van der Waals surface area contributed by atoms with Gasteiger partial charge in [-0.2, -0.15) is 0 Å². The molecule has 0 spiro atoms. The summed E-state index contributed by atoms with van der Waals surface area (Å²) >= 11 is 0. The van der Waals surface area contributed by atoms with Gasteiger partial charge >= 0.3 is 11.9 Å². The number of carbonyl (C=O) groups is 2. The summed E-state index contributed by atoms with van der Waals surface area (Å²) in [5, 5.41) is 0.